The highest BCUT2D eigenvalue weighted by molar-refractivity contribution is 8.03. The molecule has 16 heteroatoms. The number of hydrogen-bond acceptors (Lipinski definition) is 10. The van der Waals surface area contributed by atoms with Crippen LogP contribution in [0.5, 0.6) is 0 Å². The largest absolute Gasteiger partial charge is 0.480 e. The average molecular weight is 475 g/mol. The molecule has 2 amide bonds. The summed E-state index contributed by atoms with van der Waals surface area (Å²) in [5, 5.41) is 44.0. The highest BCUT2D eigenvalue weighted by atomic mass is 32.2. The van der Waals surface area contributed by atoms with Crippen molar-refractivity contribution in [1.29, 1.82) is 0 Å². The number of rotatable bonds is 13. The molecule has 32 heavy (non-hydrogen) atoms. The number of thioether (sulfide) groups is 1. The van der Waals surface area contributed by atoms with Crippen LogP contribution in [0.25, 0.3) is 0 Å². The van der Waals surface area contributed by atoms with E-state index in [9.17, 15) is 39.4 Å². The van der Waals surface area contributed by atoms with E-state index in [2.05, 4.69) is 10.6 Å². The first-order valence-corrected chi connectivity index (χ1v) is 10.00. The molecule has 0 aromatic carbocycles. The van der Waals surface area contributed by atoms with Crippen LogP contribution in [-0.4, -0.2) is 74.2 Å². The summed E-state index contributed by atoms with van der Waals surface area (Å²) in [6.45, 7) is -0.743. The molecule has 1 aliphatic carbocycles. The number of nitrogens with zero attached hydrogens (tertiary/aromatic N) is 2. The van der Waals surface area contributed by atoms with Gasteiger partial charge in [-0.2, -0.15) is 0 Å². The lowest BCUT2D eigenvalue weighted by atomic mass is 10.1. The second kappa shape index (κ2) is 12.4. The number of carbonyl (C=O) groups is 4. The lowest BCUT2D eigenvalue weighted by Gasteiger charge is -2.19. The number of amides is 2. The second-order valence-corrected chi connectivity index (χ2v) is 7.57. The Hall–Kier alpha value is -3.53. The third-order valence-corrected chi connectivity index (χ3v) is 5.30. The lowest BCUT2D eigenvalue weighted by Crippen LogP contribution is -2.49. The molecule has 0 aromatic heterocycles. The van der Waals surface area contributed by atoms with Crippen molar-refractivity contribution in [2.75, 3.05) is 12.3 Å². The molecule has 0 radical (unpaired) electrons. The van der Waals surface area contributed by atoms with E-state index in [1.807, 2.05) is 0 Å². The fourth-order valence-corrected chi connectivity index (χ4v) is 3.50. The smallest absolute Gasteiger partial charge is 0.322 e. The first-order valence-electron chi connectivity index (χ1n) is 9.01. The standard InChI is InChI=1S/C16H21N5O10S/c17-9(16(26)27)2-4-13(22)19-10(15(25)18-6-14(23)24)7-32-12-3-1-8(20(28)29)5-11(12)21(30)31/h1,3,8-10H,2,4-7,17H2,(H,18,25)(H,19,22)(H,23,24)(H,26,27). The number of nitrogens with two attached hydrogens (primary N) is 1. The number of carboxylic acids is 2. The van der Waals surface area contributed by atoms with Crippen LogP contribution in [0.2, 0.25) is 0 Å². The fraction of sp³-hybridized carbons (Fsp3) is 0.500. The van der Waals surface area contributed by atoms with Gasteiger partial charge in [0.2, 0.25) is 17.9 Å². The monoisotopic (exact) mass is 475 g/mol. The molecular formula is C16H21N5O10S. The zero-order valence-corrected chi connectivity index (χ0v) is 17.3. The van der Waals surface area contributed by atoms with Crippen molar-refractivity contribution in [2.45, 2.75) is 37.4 Å². The minimum absolute atomic E-state index is 0.0475. The number of carboxylic acid groups (broad SMARTS) is 2. The summed E-state index contributed by atoms with van der Waals surface area (Å²) in [6, 6.07) is -3.90. The van der Waals surface area contributed by atoms with Crippen LogP contribution >= 0.6 is 11.8 Å². The number of aliphatic carboxylic acids is 2. The second-order valence-electron chi connectivity index (χ2n) is 6.51. The van der Waals surface area contributed by atoms with Gasteiger partial charge in [0.1, 0.15) is 25.0 Å². The molecule has 0 saturated carbocycles. The van der Waals surface area contributed by atoms with Crippen LogP contribution in [0.3, 0.4) is 0 Å². The van der Waals surface area contributed by atoms with Gasteiger partial charge in [-0.05, 0) is 18.6 Å². The molecule has 0 aromatic rings. The molecule has 0 heterocycles. The van der Waals surface area contributed by atoms with Crippen molar-refractivity contribution >= 4 is 35.5 Å². The predicted octanol–water partition coefficient (Wildman–Crippen LogP) is -1.31. The summed E-state index contributed by atoms with van der Waals surface area (Å²) in [5.41, 5.74) is 4.89. The van der Waals surface area contributed by atoms with Crippen molar-refractivity contribution in [3.8, 4) is 0 Å². The van der Waals surface area contributed by atoms with Gasteiger partial charge in [-0.1, -0.05) is 0 Å². The normalized spacial score (nSPS) is 17.2. The summed E-state index contributed by atoms with van der Waals surface area (Å²) in [4.78, 5) is 66.5. The molecule has 176 valence electrons. The van der Waals surface area contributed by atoms with E-state index >= 15 is 0 Å². The first kappa shape index (κ1) is 26.5. The number of allylic oxidation sites excluding steroid dienone is 1. The molecule has 6 N–H and O–H groups in total. The number of nitro groups is 2. The van der Waals surface area contributed by atoms with Gasteiger partial charge in [-0.15, -0.1) is 11.8 Å². The maximum Gasteiger partial charge on any atom is 0.322 e. The van der Waals surface area contributed by atoms with E-state index < -0.39 is 70.4 Å². The molecule has 0 spiro atoms. The maximum atomic E-state index is 12.3. The number of carbonyl (C=O) groups excluding carboxylic acids is 2. The van der Waals surface area contributed by atoms with Crippen molar-refractivity contribution < 1.29 is 39.2 Å². The Morgan fingerprint density at radius 3 is 2.44 bits per heavy atom. The van der Waals surface area contributed by atoms with Gasteiger partial charge < -0.3 is 26.6 Å². The van der Waals surface area contributed by atoms with Crippen LogP contribution in [0, 0.1) is 20.2 Å². The third kappa shape index (κ3) is 8.68. The Morgan fingerprint density at radius 2 is 1.91 bits per heavy atom. The molecule has 0 aliphatic heterocycles. The van der Waals surface area contributed by atoms with Crippen LogP contribution in [-0.2, 0) is 19.2 Å². The van der Waals surface area contributed by atoms with Crippen LogP contribution in [0.1, 0.15) is 19.3 Å². The van der Waals surface area contributed by atoms with E-state index in [1.54, 1.807) is 0 Å². The fourth-order valence-electron chi connectivity index (χ4n) is 2.42. The maximum absolute atomic E-state index is 12.3. The topological polar surface area (TPSA) is 245 Å². The van der Waals surface area contributed by atoms with Crippen molar-refractivity contribution in [3.05, 3.63) is 43.0 Å². The summed E-state index contributed by atoms with van der Waals surface area (Å²) < 4.78 is 0. The van der Waals surface area contributed by atoms with Crippen molar-refractivity contribution in [3.63, 3.8) is 0 Å². The van der Waals surface area contributed by atoms with Gasteiger partial charge in [0.15, 0.2) is 0 Å². The summed E-state index contributed by atoms with van der Waals surface area (Å²) in [5.74, 6) is -4.55. The molecule has 15 nitrogen and oxygen atoms in total. The van der Waals surface area contributed by atoms with Gasteiger partial charge in [-0.3, -0.25) is 39.4 Å². The molecule has 0 fully saturated rings. The van der Waals surface area contributed by atoms with Gasteiger partial charge in [-0.25, -0.2) is 0 Å². The summed E-state index contributed by atoms with van der Waals surface area (Å²) in [7, 11) is 0. The lowest BCUT2D eigenvalue weighted by molar-refractivity contribution is -0.518. The molecule has 0 bridgehead atoms. The van der Waals surface area contributed by atoms with E-state index in [0.717, 1.165) is 11.8 Å². The zero-order valence-electron chi connectivity index (χ0n) is 16.5. The molecule has 1 aliphatic rings. The molecule has 0 saturated heterocycles. The summed E-state index contributed by atoms with van der Waals surface area (Å²) >= 11 is 0.776. The van der Waals surface area contributed by atoms with Crippen LogP contribution < -0.4 is 16.4 Å². The molecule has 3 atom stereocenters. The van der Waals surface area contributed by atoms with Crippen LogP contribution in [0.15, 0.2) is 22.8 Å². The molecular weight excluding hydrogens is 454 g/mol. The Bertz CT molecular complexity index is 858. The van der Waals surface area contributed by atoms with Gasteiger partial charge >= 0.3 is 11.9 Å². The van der Waals surface area contributed by atoms with Crippen molar-refractivity contribution in [2.24, 2.45) is 5.73 Å². The minimum atomic E-state index is -1.34. The Labute approximate surface area is 184 Å². The molecule has 1 rings (SSSR count). The average Bonchev–Trinajstić information content (AvgIpc) is 2.72. The number of nitrogens with one attached hydrogen (secondary N) is 2. The Morgan fingerprint density at radius 1 is 1.25 bits per heavy atom. The van der Waals surface area contributed by atoms with E-state index in [-0.39, 0.29) is 23.5 Å². The Kier molecular flexibility index (Phi) is 10.2. The van der Waals surface area contributed by atoms with E-state index in [4.69, 9.17) is 15.9 Å². The summed E-state index contributed by atoms with van der Waals surface area (Å²) in [6.07, 6.45) is 1.32. The van der Waals surface area contributed by atoms with E-state index in [1.165, 1.54) is 12.2 Å². The third-order valence-electron chi connectivity index (χ3n) is 4.12. The Balaban J connectivity index is 2.90. The van der Waals surface area contributed by atoms with Gasteiger partial charge in [0.25, 0.3) is 5.70 Å². The predicted molar refractivity (Wildman–Crippen MR) is 108 cm³/mol. The zero-order chi connectivity index (χ0) is 24.4. The van der Waals surface area contributed by atoms with Crippen LogP contribution in [0.4, 0.5) is 0 Å². The SMILES string of the molecule is NC(CCC(=O)NC(CSC1=C([N+](=O)[O-])CC([N+](=O)[O-])C=C1)C(=O)NCC(=O)O)C(=O)O. The van der Waals surface area contributed by atoms with Crippen molar-refractivity contribution in [1.82, 2.24) is 10.6 Å². The first-order chi connectivity index (χ1) is 14.9. The highest BCUT2D eigenvalue weighted by Crippen LogP contribution is 2.30. The van der Waals surface area contributed by atoms with Gasteiger partial charge in [0.05, 0.1) is 9.83 Å². The number of hydrogen-bond donors (Lipinski definition) is 5. The minimum Gasteiger partial charge on any atom is -0.480 e. The molecule has 3 unspecified atom stereocenters. The quantitative estimate of drug-likeness (QED) is 0.154. The van der Waals surface area contributed by atoms with E-state index in [0.29, 0.717) is 0 Å². The van der Waals surface area contributed by atoms with Gasteiger partial charge in [0, 0.05) is 17.1 Å². The highest BCUT2D eigenvalue weighted by Gasteiger charge is 2.33.